The summed E-state index contributed by atoms with van der Waals surface area (Å²) in [5.41, 5.74) is 7.48. The van der Waals surface area contributed by atoms with E-state index in [1.54, 1.807) is 36.2 Å². The van der Waals surface area contributed by atoms with Crippen LogP contribution in [-0.4, -0.2) is 84.4 Å². The number of carbonyl (C=O) groups is 3. The zero-order chi connectivity index (χ0) is 29.0. The molecule has 2 aliphatic rings. The zero-order valence-corrected chi connectivity index (χ0v) is 23.0. The second-order valence-corrected chi connectivity index (χ2v) is 9.40. The molecule has 0 atom stereocenters. The molecule has 0 radical (unpaired) electrons. The van der Waals surface area contributed by atoms with Gasteiger partial charge >= 0.3 is 6.03 Å². The number of benzene rings is 2. The highest BCUT2D eigenvalue weighted by molar-refractivity contribution is 5.97. The van der Waals surface area contributed by atoms with Crippen LogP contribution >= 0.6 is 0 Å². The van der Waals surface area contributed by atoms with E-state index >= 15 is 0 Å². The Balaban J connectivity index is 0.000000296. The van der Waals surface area contributed by atoms with E-state index in [-0.39, 0.29) is 23.5 Å². The fraction of sp³-hybridized carbons (Fsp3) is 0.357. The molecule has 41 heavy (non-hydrogen) atoms. The highest BCUT2D eigenvalue weighted by Gasteiger charge is 2.21. The SMILES string of the molecule is CNC(=O)Nc1ccccc1.NC(=O)c1nnc(N2CCCCC2)nc1Nc1ccc(C(=O)N2CCOCC2)cc1. The molecule has 5 N–H and O–H groups in total. The summed E-state index contributed by atoms with van der Waals surface area (Å²) < 4.78 is 5.29. The average Bonchev–Trinajstić information content (AvgIpc) is 3.02. The first kappa shape index (κ1) is 29.2. The van der Waals surface area contributed by atoms with Gasteiger partial charge in [-0.25, -0.2) is 4.79 Å². The average molecular weight is 562 g/mol. The Kier molecular flexibility index (Phi) is 10.4. The summed E-state index contributed by atoms with van der Waals surface area (Å²) in [4.78, 5) is 43.4. The van der Waals surface area contributed by atoms with Crippen LogP contribution in [0.2, 0.25) is 0 Å². The Bertz CT molecular complexity index is 1310. The standard InChI is InChI=1S/C20H25N7O3.C8H10N2O/c21-17(28)16-18(23-20(25-24-16)27-8-2-1-3-9-27)22-15-6-4-14(5-7-15)19(29)26-10-12-30-13-11-26;1-9-8(11)10-7-5-3-2-4-6-7/h4-7H,1-3,8-13H2,(H2,21,28)(H,22,23,25);2-6H,1H3,(H2,9,10,11). The van der Waals surface area contributed by atoms with E-state index in [0.717, 1.165) is 31.6 Å². The molecule has 0 saturated carbocycles. The third-order valence-electron chi connectivity index (χ3n) is 6.50. The van der Waals surface area contributed by atoms with Crippen molar-refractivity contribution < 1.29 is 19.1 Å². The van der Waals surface area contributed by atoms with Gasteiger partial charge in [-0.3, -0.25) is 9.59 Å². The molecule has 2 aliphatic heterocycles. The van der Waals surface area contributed by atoms with Crippen molar-refractivity contribution in [2.45, 2.75) is 19.3 Å². The minimum atomic E-state index is -0.707. The summed E-state index contributed by atoms with van der Waals surface area (Å²) in [5.74, 6) is -0.00721. The zero-order valence-electron chi connectivity index (χ0n) is 23.0. The smallest absolute Gasteiger partial charge is 0.318 e. The van der Waals surface area contributed by atoms with Crippen LogP contribution in [0.3, 0.4) is 0 Å². The molecular weight excluding hydrogens is 526 g/mol. The number of hydrogen-bond donors (Lipinski definition) is 4. The van der Waals surface area contributed by atoms with Gasteiger partial charge < -0.3 is 36.2 Å². The molecule has 2 fully saturated rings. The Labute approximate surface area is 238 Å². The van der Waals surface area contributed by atoms with Gasteiger partial charge in [0.1, 0.15) is 0 Å². The molecule has 3 heterocycles. The lowest BCUT2D eigenvalue weighted by Gasteiger charge is -2.27. The normalized spacial score (nSPS) is 14.8. The number of hydrogen-bond acceptors (Lipinski definition) is 9. The molecule has 0 aliphatic carbocycles. The van der Waals surface area contributed by atoms with E-state index in [2.05, 4.69) is 36.0 Å². The monoisotopic (exact) mass is 561 g/mol. The number of nitrogens with two attached hydrogens (primary N) is 1. The van der Waals surface area contributed by atoms with Gasteiger partial charge in [-0.1, -0.05) is 18.2 Å². The number of rotatable bonds is 6. The van der Waals surface area contributed by atoms with Crippen LogP contribution in [-0.2, 0) is 4.74 Å². The number of amides is 4. The number of nitrogens with one attached hydrogen (secondary N) is 3. The topological polar surface area (TPSA) is 168 Å². The predicted molar refractivity (Wildman–Crippen MR) is 155 cm³/mol. The first-order valence-electron chi connectivity index (χ1n) is 13.5. The minimum Gasteiger partial charge on any atom is -0.378 e. The van der Waals surface area contributed by atoms with Crippen molar-refractivity contribution in [1.29, 1.82) is 0 Å². The largest absolute Gasteiger partial charge is 0.378 e. The number of urea groups is 1. The van der Waals surface area contributed by atoms with Crippen molar-refractivity contribution in [2.75, 3.05) is 62.0 Å². The molecule has 5 rings (SSSR count). The summed E-state index contributed by atoms with van der Waals surface area (Å²) in [5, 5.41) is 16.3. The maximum Gasteiger partial charge on any atom is 0.318 e. The second-order valence-electron chi connectivity index (χ2n) is 9.40. The number of primary amides is 1. The van der Waals surface area contributed by atoms with Crippen LogP contribution in [0, 0.1) is 0 Å². The fourth-order valence-electron chi connectivity index (χ4n) is 4.30. The molecule has 0 unspecified atom stereocenters. The van der Waals surface area contributed by atoms with Gasteiger partial charge in [-0.05, 0) is 55.7 Å². The number of piperidine rings is 1. The van der Waals surface area contributed by atoms with Gasteiger partial charge in [0, 0.05) is 50.2 Å². The van der Waals surface area contributed by atoms with Gasteiger partial charge in [0.2, 0.25) is 5.95 Å². The summed E-state index contributed by atoms with van der Waals surface area (Å²) in [6.45, 7) is 4.01. The van der Waals surface area contributed by atoms with Crippen LogP contribution in [0.4, 0.5) is 27.9 Å². The highest BCUT2D eigenvalue weighted by atomic mass is 16.5. The van der Waals surface area contributed by atoms with Crippen molar-refractivity contribution in [2.24, 2.45) is 5.73 Å². The lowest BCUT2D eigenvalue weighted by Crippen LogP contribution is -2.40. The predicted octanol–water partition coefficient (Wildman–Crippen LogP) is 2.61. The van der Waals surface area contributed by atoms with E-state index < -0.39 is 5.91 Å². The van der Waals surface area contributed by atoms with Crippen LogP contribution < -0.4 is 26.6 Å². The number of nitrogens with zero attached hydrogens (tertiary/aromatic N) is 5. The molecule has 216 valence electrons. The van der Waals surface area contributed by atoms with E-state index in [0.29, 0.717) is 43.5 Å². The Morgan fingerprint density at radius 2 is 1.54 bits per heavy atom. The van der Waals surface area contributed by atoms with Gasteiger partial charge in [-0.15, -0.1) is 10.2 Å². The third-order valence-corrected chi connectivity index (χ3v) is 6.50. The number of para-hydroxylation sites is 1. The van der Waals surface area contributed by atoms with E-state index in [1.807, 2.05) is 30.3 Å². The summed E-state index contributed by atoms with van der Waals surface area (Å²) in [6.07, 6.45) is 3.33. The molecule has 3 aromatic rings. The maximum atomic E-state index is 12.6. The molecule has 2 aromatic carbocycles. The summed E-state index contributed by atoms with van der Waals surface area (Å²) >= 11 is 0. The Morgan fingerprint density at radius 1 is 0.854 bits per heavy atom. The maximum absolute atomic E-state index is 12.6. The molecule has 13 nitrogen and oxygen atoms in total. The molecule has 13 heteroatoms. The van der Waals surface area contributed by atoms with Crippen LogP contribution in [0.5, 0.6) is 0 Å². The fourth-order valence-corrected chi connectivity index (χ4v) is 4.30. The lowest BCUT2D eigenvalue weighted by atomic mass is 10.1. The molecule has 1 aromatic heterocycles. The number of anilines is 4. The van der Waals surface area contributed by atoms with Crippen LogP contribution in [0.15, 0.2) is 54.6 Å². The first-order valence-corrected chi connectivity index (χ1v) is 13.5. The van der Waals surface area contributed by atoms with Crippen molar-refractivity contribution in [3.8, 4) is 0 Å². The number of ether oxygens (including phenoxy) is 1. The highest BCUT2D eigenvalue weighted by Crippen LogP contribution is 2.22. The molecule has 4 amide bonds. The summed E-state index contributed by atoms with van der Waals surface area (Å²) in [7, 11) is 1.58. The van der Waals surface area contributed by atoms with Crippen molar-refractivity contribution in [3.05, 3.63) is 65.9 Å². The Morgan fingerprint density at radius 3 is 2.17 bits per heavy atom. The van der Waals surface area contributed by atoms with Gasteiger partial charge in [0.05, 0.1) is 13.2 Å². The lowest BCUT2D eigenvalue weighted by molar-refractivity contribution is 0.0303. The van der Waals surface area contributed by atoms with Crippen molar-refractivity contribution in [3.63, 3.8) is 0 Å². The number of carbonyl (C=O) groups excluding carboxylic acids is 3. The number of morpholine rings is 1. The quantitative estimate of drug-likeness (QED) is 0.354. The molecule has 0 spiro atoms. The minimum absolute atomic E-state index is 0.0239. The van der Waals surface area contributed by atoms with Gasteiger partial charge in [-0.2, -0.15) is 4.98 Å². The second kappa shape index (κ2) is 14.6. The third kappa shape index (κ3) is 8.35. The van der Waals surface area contributed by atoms with Crippen molar-refractivity contribution in [1.82, 2.24) is 25.4 Å². The van der Waals surface area contributed by atoms with Crippen LogP contribution in [0.1, 0.15) is 40.1 Å². The first-order chi connectivity index (χ1) is 19.9. The molecule has 0 bridgehead atoms. The summed E-state index contributed by atoms with van der Waals surface area (Å²) in [6, 6.07) is 16.1. The van der Waals surface area contributed by atoms with Crippen LogP contribution in [0.25, 0.3) is 0 Å². The van der Waals surface area contributed by atoms with E-state index in [4.69, 9.17) is 10.5 Å². The molecule has 2 saturated heterocycles. The van der Waals surface area contributed by atoms with Crippen molar-refractivity contribution >= 4 is 41.0 Å². The van der Waals surface area contributed by atoms with Gasteiger partial charge in [0.15, 0.2) is 11.5 Å². The van der Waals surface area contributed by atoms with E-state index in [9.17, 15) is 14.4 Å². The Hall–Kier alpha value is -4.78. The van der Waals surface area contributed by atoms with E-state index in [1.165, 1.54) is 6.42 Å². The van der Waals surface area contributed by atoms with Gasteiger partial charge in [0.25, 0.3) is 11.8 Å². The molecular formula is C28H35N9O4. The number of aromatic nitrogens is 3.